The van der Waals surface area contributed by atoms with Crippen LogP contribution in [-0.2, 0) is 9.47 Å². The lowest BCUT2D eigenvalue weighted by molar-refractivity contribution is -0.110. The molecule has 1 aromatic carbocycles. The van der Waals surface area contributed by atoms with E-state index in [2.05, 4.69) is 9.97 Å². The van der Waals surface area contributed by atoms with Gasteiger partial charge in [-0.15, -0.1) is 0 Å². The summed E-state index contributed by atoms with van der Waals surface area (Å²) in [7, 11) is 3.01. The van der Waals surface area contributed by atoms with E-state index in [0.29, 0.717) is 16.9 Å². The lowest BCUT2D eigenvalue weighted by Gasteiger charge is -2.08. The minimum Gasteiger partial charge on any atom is -0.478 e. The molecule has 0 atom stereocenters. The second-order valence-corrected chi connectivity index (χ2v) is 3.46. The molecule has 2 aromatic rings. The van der Waals surface area contributed by atoms with Crippen LogP contribution in [0.4, 0.5) is 0 Å². The largest absolute Gasteiger partial charge is 0.478 e. The highest BCUT2D eigenvalue weighted by molar-refractivity contribution is 5.92. The van der Waals surface area contributed by atoms with Crippen molar-refractivity contribution in [3.05, 3.63) is 29.6 Å². The number of rotatable bonds is 4. The molecule has 0 unspecified atom stereocenters. The Morgan fingerprint density at radius 1 is 1.41 bits per heavy atom. The number of aromatic carboxylic acids is 1. The molecule has 0 spiro atoms. The number of nitrogens with one attached hydrogen (secondary N) is 1. The predicted octanol–water partition coefficient (Wildman–Crippen LogP) is 1.55. The van der Waals surface area contributed by atoms with E-state index in [1.165, 1.54) is 26.4 Å². The molecule has 2 rings (SSSR count). The van der Waals surface area contributed by atoms with Gasteiger partial charge >= 0.3 is 5.97 Å². The number of benzene rings is 1. The first-order valence-electron chi connectivity index (χ1n) is 4.94. The first-order chi connectivity index (χ1) is 8.15. The van der Waals surface area contributed by atoms with Crippen LogP contribution in [0.3, 0.4) is 0 Å². The van der Waals surface area contributed by atoms with Gasteiger partial charge in [-0.3, -0.25) is 0 Å². The Labute approximate surface area is 97.2 Å². The molecule has 1 heterocycles. The summed E-state index contributed by atoms with van der Waals surface area (Å²) in [5.41, 5.74) is 1.52. The molecule has 0 fully saturated rings. The van der Waals surface area contributed by atoms with Crippen LogP contribution in [0.15, 0.2) is 18.2 Å². The third kappa shape index (κ3) is 2.13. The fourth-order valence-electron chi connectivity index (χ4n) is 1.59. The van der Waals surface area contributed by atoms with Gasteiger partial charge in [-0.1, -0.05) is 0 Å². The van der Waals surface area contributed by atoms with Crippen LogP contribution in [0.5, 0.6) is 0 Å². The predicted molar refractivity (Wildman–Crippen MR) is 59.8 cm³/mol. The zero-order chi connectivity index (χ0) is 12.4. The number of methoxy groups -OCH3 is 2. The Morgan fingerprint density at radius 2 is 2.12 bits per heavy atom. The second-order valence-electron chi connectivity index (χ2n) is 3.46. The maximum Gasteiger partial charge on any atom is 0.335 e. The highest BCUT2D eigenvalue weighted by atomic mass is 16.7. The third-order valence-corrected chi connectivity index (χ3v) is 2.40. The number of aromatic amines is 1. The van der Waals surface area contributed by atoms with Gasteiger partial charge in [0.1, 0.15) is 0 Å². The first kappa shape index (κ1) is 11.6. The number of ether oxygens (including phenoxy) is 2. The first-order valence-corrected chi connectivity index (χ1v) is 4.94. The molecule has 0 aliphatic heterocycles. The van der Waals surface area contributed by atoms with Crippen molar-refractivity contribution in [3.8, 4) is 0 Å². The molecule has 0 aliphatic carbocycles. The van der Waals surface area contributed by atoms with E-state index in [4.69, 9.17) is 14.6 Å². The van der Waals surface area contributed by atoms with Gasteiger partial charge < -0.3 is 19.6 Å². The van der Waals surface area contributed by atoms with Gasteiger partial charge in [0.05, 0.1) is 16.6 Å². The molecule has 1 aromatic heterocycles. The maximum atomic E-state index is 10.8. The maximum absolute atomic E-state index is 10.8. The molecule has 6 nitrogen and oxygen atoms in total. The van der Waals surface area contributed by atoms with Crippen molar-refractivity contribution in [2.24, 2.45) is 0 Å². The van der Waals surface area contributed by atoms with Crippen LogP contribution in [0.2, 0.25) is 0 Å². The van der Waals surface area contributed by atoms with Crippen LogP contribution >= 0.6 is 0 Å². The zero-order valence-electron chi connectivity index (χ0n) is 9.43. The highest BCUT2D eigenvalue weighted by Gasteiger charge is 2.14. The lowest BCUT2D eigenvalue weighted by Crippen LogP contribution is -2.05. The van der Waals surface area contributed by atoms with Crippen molar-refractivity contribution in [1.82, 2.24) is 9.97 Å². The summed E-state index contributed by atoms with van der Waals surface area (Å²) in [6.45, 7) is 0. The van der Waals surface area contributed by atoms with Gasteiger partial charge in [0, 0.05) is 14.2 Å². The molecule has 0 amide bonds. The van der Waals surface area contributed by atoms with E-state index in [9.17, 15) is 4.79 Å². The van der Waals surface area contributed by atoms with E-state index in [1.54, 1.807) is 6.07 Å². The van der Waals surface area contributed by atoms with Crippen molar-refractivity contribution in [2.75, 3.05) is 14.2 Å². The van der Waals surface area contributed by atoms with Crippen molar-refractivity contribution < 1.29 is 19.4 Å². The quantitative estimate of drug-likeness (QED) is 0.787. The Kier molecular flexibility index (Phi) is 3.08. The van der Waals surface area contributed by atoms with E-state index in [-0.39, 0.29) is 5.56 Å². The fraction of sp³-hybridized carbons (Fsp3) is 0.273. The molecule has 0 saturated carbocycles. The summed E-state index contributed by atoms with van der Waals surface area (Å²) in [6, 6.07) is 4.67. The Bertz CT molecular complexity index is 545. The number of imidazole rings is 1. The van der Waals surface area contributed by atoms with E-state index in [1.807, 2.05) is 0 Å². The molecule has 0 radical (unpaired) electrons. The van der Waals surface area contributed by atoms with E-state index < -0.39 is 12.3 Å². The molecule has 90 valence electrons. The molecule has 2 N–H and O–H groups in total. The third-order valence-electron chi connectivity index (χ3n) is 2.40. The molecule has 0 bridgehead atoms. The Balaban J connectivity index is 2.46. The number of aromatic nitrogens is 2. The smallest absolute Gasteiger partial charge is 0.335 e. The average Bonchev–Trinajstić information content (AvgIpc) is 2.72. The monoisotopic (exact) mass is 236 g/mol. The van der Waals surface area contributed by atoms with Crippen LogP contribution in [0.1, 0.15) is 22.5 Å². The lowest BCUT2D eigenvalue weighted by atomic mass is 10.2. The summed E-state index contributed by atoms with van der Waals surface area (Å²) >= 11 is 0. The van der Waals surface area contributed by atoms with Crippen LogP contribution < -0.4 is 0 Å². The van der Waals surface area contributed by atoms with Crippen molar-refractivity contribution >= 4 is 17.0 Å². The normalized spacial score (nSPS) is 11.2. The number of hydrogen-bond donors (Lipinski definition) is 2. The standard InChI is InChI=1S/C11H12N2O4/c1-16-11(17-2)9-12-7-4-3-6(10(14)15)5-8(7)13-9/h3-5,11H,1-2H3,(H,12,13)(H,14,15). The van der Waals surface area contributed by atoms with Gasteiger partial charge in [-0.2, -0.15) is 0 Å². The number of H-pyrrole nitrogens is 1. The van der Waals surface area contributed by atoms with E-state index in [0.717, 1.165) is 0 Å². The molecule has 6 heteroatoms. The number of carboxylic acid groups (broad SMARTS) is 1. The van der Waals surface area contributed by atoms with Crippen LogP contribution in [0.25, 0.3) is 11.0 Å². The topological polar surface area (TPSA) is 84.4 Å². The van der Waals surface area contributed by atoms with Crippen LogP contribution in [0, 0.1) is 0 Å². The van der Waals surface area contributed by atoms with E-state index >= 15 is 0 Å². The minimum absolute atomic E-state index is 0.207. The number of fused-ring (bicyclic) bond motifs is 1. The summed E-state index contributed by atoms with van der Waals surface area (Å²) in [4.78, 5) is 18.0. The highest BCUT2D eigenvalue weighted by Crippen LogP contribution is 2.19. The average molecular weight is 236 g/mol. The second kappa shape index (κ2) is 4.52. The molecular weight excluding hydrogens is 224 g/mol. The van der Waals surface area contributed by atoms with Crippen molar-refractivity contribution in [3.63, 3.8) is 0 Å². The molecule has 17 heavy (non-hydrogen) atoms. The Hall–Kier alpha value is -1.92. The van der Waals surface area contributed by atoms with Crippen molar-refractivity contribution in [1.29, 1.82) is 0 Å². The van der Waals surface area contributed by atoms with Gasteiger partial charge in [0.15, 0.2) is 5.82 Å². The van der Waals surface area contributed by atoms with Gasteiger partial charge in [-0.25, -0.2) is 9.78 Å². The number of nitrogens with zero attached hydrogens (tertiary/aromatic N) is 1. The van der Waals surface area contributed by atoms with Gasteiger partial charge in [0.2, 0.25) is 6.29 Å². The molecule has 0 aliphatic rings. The number of carbonyl (C=O) groups is 1. The summed E-state index contributed by atoms with van der Waals surface area (Å²) in [6.07, 6.45) is -0.587. The fourth-order valence-corrected chi connectivity index (χ4v) is 1.59. The minimum atomic E-state index is -0.974. The Morgan fingerprint density at radius 3 is 2.71 bits per heavy atom. The van der Waals surface area contributed by atoms with Gasteiger partial charge in [0.25, 0.3) is 0 Å². The van der Waals surface area contributed by atoms with Crippen LogP contribution in [-0.4, -0.2) is 35.3 Å². The summed E-state index contributed by atoms with van der Waals surface area (Å²) < 4.78 is 10.1. The number of carboxylic acids is 1. The summed E-state index contributed by atoms with van der Waals surface area (Å²) in [5.74, 6) is -0.467. The summed E-state index contributed by atoms with van der Waals surface area (Å²) in [5, 5.41) is 8.87. The zero-order valence-corrected chi connectivity index (χ0v) is 9.43. The molecule has 0 saturated heterocycles. The number of hydrogen-bond acceptors (Lipinski definition) is 4. The molecular formula is C11H12N2O4. The van der Waals surface area contributed by atoms with Gasteiger partial charge in [-0.05, 0) is 18.2 Å². The van der Waals surface area contributed by atoms with Crippen molar-refractivity contribution in [2.45, 2.75) is 6.29 Å². The SMILES string of the molecule is COC(OC)c1nc2ccc(C(=O)O)cc2[nH]1.